The first-order chi connectivity index (χ1) is 39.3. The maximum Gasteiger partial charge on any atom is 0.220 e. The van der Waals surface area contributed by atoms with Crippen LogP contribution >= 0.6 is 0 Å². The summed E-state index contributed by atoms with van der Waals surface area (Å²) >= 11 is 0. The Hall–Kier alpha value is -2.25. The lowest BCUT2D eigenvalue weighted by Crippen LogP contribution is -2.66. The van der Waals surface area contributed by atoms with E-state index in [1.54, 1.807) is 6.08 Å². The van der Waals surface area contributed by atoms with Gasteiger partial charge in [-0.25, -0.2) is 0 Å². The predicted octanol–water partition coefficient (Wildman–Crippen LogP) is 6.26. The summed E-state index contributed by atoms with van der Waals surface area (Å²) < 4.78 is 34.2. The Kier molecular flexibility index (Phi) is 40.7. The Balaban J connectivity index is 1.49. The average molecular weight is 1160 g/mol. The highest BCUT2D eigenvalue weighted by atomic mass is 16.8. The molecule has 0 aromatic heterocycles. The molecular weight excluding hydrogens is 1050 g/mol. The molecule has 3 saturated heterocycles. The molecule has 472 valence electrons. The monoisotopic (exact) mass is 1160 g/mol. The molecule has 0 saturated carbocycles. The molecule has 3 fully saturated rings. The van der Waals surface area contributed by atoms with Crippen molar-refractivity contribution in [1.82, 2.24) is 5.32 Å². The van der Waals surface area contributed by atoms with Crippen molar-refractivity contribution < 1.29 is 89.4 Å². The van der Waals surface area contributed by atoms with Gasteiger partial charge in [0.2, 0.25) is 5.91 Å². The third-order valence-electron chi connectivity index (χ3n) is 15.6. The molecule has 81 heavy (non-hydrogen) atoms. The van der Waals surface area contributed by atoms with Gasteiger partial charge < -0.3 is 89.9 Å². The van der Waals surface area contributed by atoms with Crippen LogP contribution in [0.25, 0.3) is 0 Å². The third kappa shape index (κ3) is 28.7. The first-order valence-electron chi connectivity index (χ1n) is 31.4. The van der Waals surface area contributed by atoms with Gasteiger partial charge in [-0.05, 0) is 64.2 Å². The molecule has 17 unspecified atom stereocenters. The summed E-state index contributed by atoms with van der Waals surface area (Å²) in [5.74, 6) is -0.291. The van der Waals surface area contributed by atoms with Crippen molar-refractivity contribution in [3.8, 4) is 0 Å². The van der Waals surface area contributed by atoms with Crippen LogP contribution in [0.15, 0.2) is 48.6 Å². The van der Waals surface area contributed by atoms with Crippen molar-refractivity contribution in [3.05, 3.63) is 48.6 Å². The van der Waals surface area contributed by atoms with Gasteiger partial charge in [-0.1, -0.05) is 184 Å². The van der Waals surface area contributed by atoms with E-state index in [9.17, 15) is 61.0 Å². The molecule has 17 atom stereocenters. The topological polar surface area (TPSA) is 307 Å². The normalized spacial score (nSPS) is 30.1. The number of hydrogen-bond donors (Lipinski definition) is 12. The number of aliphatic hydroxyl groups is 11. The van der Waals surface area contributed by atoms with Gasteiger partial charge in [0.05, 0.1) is 38.6 Å². The van der Waals surface area contributed by atoms with Gasteiger partial charge >= 0.3 is 0 Å². The van der Waals surface area contributed by atoms with E-state index < -0.39 is 124 Å². The highest BCUT2D eigenvalue weighted by molar-refractivity contribution is 5.76. The van der Waals surface area contributed by atoms with E-state index in [1.807, 2.05) is 6.08 Å². The zero-order valence-electron chi connectivity index (χ0n) is 49.3. The highest BCUT2D eigenvalue weighted by Gasteiger charge is 2.53. The van der Waals surface area contributed by atoms with Gasteiger partial charge in [0.25, 0.3) is 0 Å². The van der Waals surface area contributed by atoms with E-state index in [2.05, 4.69) is 55.6 Å². The lowest BCUT2D eigenvalue weighted by Gasteiger charge is -2.48. The number of amides is 1. The SMILES string of the molecule is CCCCCCC/C=C\C/C=C\CCCCCCCCCCCC(=O)NC(COC1OC(CO)C(OC2OC(CO)C(OC3OC(CO)C(O)C(O)C3O)C(O)C2O)C(O)C1O)C(O)/C=C/CC/C=C/CCCCCCCCCCC. The number of ether oxygens (including phenoxy) is 6. The number of nitrogens with one attached hydrogen (secondary N) is 1. The quantitative estimate of drug-likeness (QED) is 0.0236. The third-order valence-corrected chi connectivity index (χ3v) is 15.6. The molecular formula is C62H111NO18. The van der Waals surface area contributed by atoms with Crippen molar-refractivity contribution in [3.63, 3.8) is 0 Å². The summed E-state index contributed by atoms with van der Waals surface area (Å²) in [7, 11) is 0. The Morgan fingerprint density at radius 3 is 1.31 bits per heavy atom. The largest absolute Gasteiger partial charge is 0.394 e. The standard InChI is InChI=1S/C62H111NO18/c1-3-5-7-9-11-13-15-17-19-20-21-22-23-24-26-28-30-32-34-36-38-40-50(68)63-45(46(67)39-37-35-33-31-29-27-25-18-16-14-12-10-8-6-4-2)44-76-60-56(74)53(71)58(48(42-65)78-60)81-62-57(75)54(72)59(49(43-66)79-62)80-61-55(73)52(70)51(69)47(41-64)77-61/h15,17,20-21,29,31,37,39,45-49,51-62,64-67,69-75H,3-14,16,18-19,22-28,30,32-36,38,40-44H2,1-2H3,(H,63,68)/b17-15-,21-20-,31-29+,39-37+. The molecule has 19 nitrogen and oxygen atoms in total. The van der Waals surface area contributed by atoms with Crippen LogP contribution in [0.1, 0.15) is 206 Å². The van der Waals surface area contributed by atoms with E-state index in [1.165, 1.54) is 116 Å². The van der Waals surface area contributed by atoms with Gasteiger partial charge in [-0.3, -0.25) is 4.79 Å². The summed E-state index contributed by atoms with van der Waals surface area (Å²) in [4.78, 5) is 13.3. The summed E-state index contributed by atoms with van der Waals surface area (Å²) in [6.07, 6.45) is 23.7. The Morgan fingerprint density at radius 2 is 0.827 bits per heavy atom. The molecule has 0 aromatic carbocycles. The second-order valence-electron chi connectivity index (χ2n) is 22.5. The fraction of sp³-hybridized carbons (Fsp3) is 0.855. The van der Waals surface area contributed by atoms with Crippen molar-refractivity contribution in [2.45, 2.75) is 311 Å². The number of carbonyl (C=O) groups excluding carboxylic acids is 1. The van der Waals surface area contributed by atoms with Gasteiger partial charge in [-0.2, -0.15) is 0 Å². The fourth-order valence-corrected chi connectivity index (χ4v) is 10.4. The summed E-state index contributed by atoms with van der Waals surface area (Å²) in [6.45, 7) is 1.68. The number of hydrogen-bond acceptors (Lipinski definition) is 18. The Labute approximate surface area is 484 Å². The lowest BCUT2D eigenvalue weighted by molar-refractivity contribution is -0.379. The number of carbonyl (C=O) groups is 1. The molecule has 3 aliphatic rings. The van der Waals surface area contributed by atoms with Crippen molar-refractivity contribution in [2.75, 3.05) is 26.4 Å². The molecule has 0 aromatic rings. The maximum atomic E-state index is 13.3. The van der Waals surface area contributed by atoms with Gasteiger partial charge in [0.15, 0.2) is 18.9 Å². The van der Waals surface area contributed by atoms with Gasteiger partial charge in [-0.15, -0.1) is 0 Å². The molecule has 0 radical (unpaired) electrons. The second kappa shape index (κ2) is 45.1. The summed E-state index contributed by atoms with van der Waals surface area (Å²) in [5, 5.41) is 120. The van der Waals surface area contributed by atoms with Crippen LogP contribution in [0.5, 0.6) is 0 Å². The van der Waals surface area contributed by atoms with Crippen LogP contribution in [0, 0.1) is 0 Å². The smallest absolute Gasteiger partial charge is 0.220 e. The van der Waals surface area contributed by atoms with Crippen molar-refractivity contribution in [1.29, 1.82) is 0 Å². The van der Waals surface area contributed by atoms with Crippen molar-refractivity contribution >= 4 is 5.91 Å². The van der Waals surface area contributed by atoms with Crippen LogP contribution in [0.2, 0.25) is 0 Å². The van der Waals surface area contributed by atoms with E-state index >= 15 is 0 Å². The second-order valence-corrected chi connectivity index (χ2v) is 22.5. The fourth-order valence-electron chi connectivity index (χ4n) is 10.4. The first-order valence-corrected chi connectivity index (χ1v) is 31.4. The number of allylic oxidation sites excluding steroid dienone is 7. The highest BCUT2D eigenvalue weighted by Crippen LogP contribution is 2.33. The first kappa shape index (κ1) is 73.0. The van der Waals surface area contributed by atoms with Crippen LogP contribution in [0.4, 0.5) is 0 Å². The van der Waals surface area contributed by atoms with E-state index in [0.717, 1.165) is 57.8 Å². The molecule has 3 rings (SSSR count). The van der Waals surface area contributed by atoms with E-state index in [0.29, 0.717) is 12.8 Å². The predicted molar refractivity (Wildman–Crippen MR) is 309 cm³/mol. The lowest BCUT2D eigenvalue weighted by atomic mass is 9.96. The Bertz CT molecular complexity index is 1670. The number of aliphatic hydroxyl groups excluding tert-OH is 11. The Morgan fingerprint density at radius 1 is 0.444 bits per heavy atom. The van der Waals surface area contributed by atoms with Crippen LogP contribution in [-0.2, 0) is 33.2 Å². The number of rotatable bonds is 46. The molecule has 1 amide bonds. The minimum atomic E-state index is -1.98. The minimum absolute atomic E-state index is 0.230. The van der Waals surface area contributed by atoms with Crippen LogP contribution in [0.3, 0.4) is 0 Å². The maximum absolute atomic E-state index is 13.3. The zero-order valence-corrected chi connectivity index (χ0v) is 49.3. The van der Waals surface area contributed by atoms with Gasteiger partial charge in [0.1, 0.15) is 73.2 Å². The summed E-state index contributed by atoms with van der Waals surface area (Å²) in [6, 6.07) is -0.992. The van der Waals surface area contributed by atoms with Crippen LogP contribution in [-0.4, -0.2) is 193 Å². The molecule has 0 bridgehead atoms. The zero-order chi connectivity index (χ0) is 59.0. The molecule has 0 aliphatic carbocycles. The molecule has 19 heteroatoms. The molecule has 0 spiro atoms. The average Bonchev–Trinajstić information content (AvgIpc) is 3.46. The van der Waals surface area contributed by atoms with Crippen molar-refractivity contribution in [2.24, 2.45) is 0 Å². The van der Waals surface area contributed by atoms with E-state index in [4.69, 9.17) is 28.4 Å². The molecule has 3 heterocycles. The number of unbranched alkanes of at least 4 members (excludes halogenated alkanes) is 24. The minimum Gasteiger partial charge on any atom is -0.394 e. The summed E-state index contributed by atoms with van der Waals surface area (Å²) in [5.41, 5.74) is 0. The molecule has 12 N–H and O–H groups in total. The van der Waals surface area contributed by atoms with Gasteiger partial charge in [0, 0.05) is 6.42 Å². The van der Waals surface area contributed by atoms with Crippen LogP contribution < -0.4 is 5.32 Å². The molecule has 3 aliphatic heterocycles. The van der Waals surface area contributed by atoms with E-state index in [-0.39, 0.29) is 18.9 Å².